The van der Waals surface area contributed by atoms with Crippen LogP contribution in [0.15, 0.2) is 168 Å². The molecule has 48 heavy (non-hydrogen) atoms. The predicted octanol–water partition coefficient (Wildman–Crippen LogP) is 11.8. The highest BCUT2D eigenvalue weighted by molar-refractivity contribution is 6.04. The van der Waals surface area contributed by atoms with Crippen LogP contribution in [0.3, 0.4) is 0 Å². The Bertz CT molecular complexity index is 1780. The average Bonchev–Trinajstić information content (AvgIpc) is 3.11. The first kappa shape index (κ1) is 32.5. The molecule has 0 aliphatic rings. The van der Waals surface area contributed by atoms with Crippen LogP contribution >= 0.6 is 0 Å². The van der Waals surface area contributed by atoms with E-state index in [9.17, 15) is 0 Å². The van der Waals surface area contributed by atoms with E-state index in [0.29, 0.717) is 12.3 Å². The molecule has 0 aliphatic heterocycles. The molecular formula is C45H43N3. The van der Waals surface area contributed by atoms with Gasteiger partial charge >= 0.3 is 0 Å². The summed E-state index contributed by atoms with van der Waals surface area (Å²) in [7, 11) is 0. The highest BCUT2D eigenvalue weighted by Crippen LogP contribution is 2.46. The highest BCUT2D eigenvalue weighted by atomic mass is 14.8. The molecule has 3 heteroatoms. The number of benzene rings is 5. The predicted molar refractivity (Wildman–Crippen MR) is 203 cm³/mol. The Morgan fingerprint density at radius 1 is 0.521 bits per heavy atom. The van der Waals surface area contributed by atoms with E-state index in [0.717, 1.165) is 22.8 Å². The molecule has 0 N–H and O–H groups in total. The fraction of sp³-hybridized carbons (Fsp3) is 0.178. The molecule has 0 spiro atoms. The topological polar surface area (TPSA) is 37.6 Å². The summed E-state index contributed by atoms with van der Waals surface area (Å²) in [5, 5.41) is 0. The fourth-order valence-corrected chi connectivity index (χ4v) is 6.57. The van der Waals surface area contributed by atoms with Crippen LogP contribution < -0.4 is 0 Å². The van der Waals surface area contributed by atoms with Crippen LogP contribution in [0.25, 0.3) is 0 Å². The zero-order valence-corrected chi connectivity index (χ0v) is 28.3. The molecule has 0 unspecified atom stereocenters. The van der Waals surface area contributed by atoms with Crippen LogP contribution in [0.2, 0.25) is 0 Å². The molecule has 6 aromatic rings. The zero-order chi connectivity index (χ0) is 33.3. The molecule has 0 atom stereocenters. The van der Waals surface area contributed by atoms with E-state index in [1.54, 1.807) is 12.4 Å². The number of pyridine rings is 1. The number of nitrogens with zero attached hydrogens (tertiary/aromatic N) is 3. The second kappa shape index (κ2) is 15.5. The largest absolute Gasteiger partial charge is 0.262 e. The number of aliphatic imine (C=N–C) groups is 2. The van der Waals surface area contributed by atoms with E-state index >= 15 is 0 Å². The van der Waals surface area contributed by atoms with Gasteiger partial charge in [-0.15, -0.1) is 0 Å². The summed E-state index contributed by atoms with van der Waals surface area (Å²) in [6.45, 7) is 8.78. The first-order chi connectivity index (χ1) is 23.5. The molecule has 1 heterocycles. The van der Waals surface area contributed by atoms with Gasteiger partial charge in [0.1, 0.15) is 0 Å². The average molecular weight is 626 g/mol. The zero-order valence-electron chi connectivity index (χ0n) is 28.3. The smallest absolute Gasteiger partial charge is 0.0812 e. The van der Waals surface area contributed by atoms with Crippen molar-refractivity contribution < 1.29 is 0 Å². The van der Waals surface area contributed by atoms with Gasteiger partial charge in [-0.1, -0.05) is 147 Å². The highest BCUT2D eigenvalue weighted by Gasteiger charge is 2.28. The van der Waals surface area contributed by atoms with Gasteiger partial charge in [0.2, 0.25) is 0 Å². The van der Waals surface area contributed by atoms with Gasteiger partial charge in [-0.3, -0.25) is 15.0 Å². The second-order valence-corrected chi connectivity index (χ2v) is 12.8. The summed E-state index contributed by atoms with van der Waals surface area (Å²) in [6.07, 6.45) is 4.23. The number of aromatic nitrogens is 1. The van der Waals surface area contributed by atoms with Crippen molar-refractivity contribution in [1.82, 2.24) is 4.98 Å². The lowest BCUT2D eigenvalue weighted by Gasteiger charge is -2.28. The monoisotopic (exact) mass is 625 g/mol. The molecule has 238 valence electrons. The van der Waals surface area contributed by atoms with Crippen molar-refractivity contribution in [3.05, 3.63) is 197 Å². The Morgan fingerprint density at radius 2 is 0.938 bits per heavy atom. The molecule has 0 fully saturated rings. The van der Waals surface area contributed by atoms with Crippen LogP contribution in [0, 0.1) is 0 Å². The maximum atomic E-state index is 5.60. The lowest BCUT2D eigenvalue weighted by Crippen LogP contribution is -2.11. The third kappa shape index (κ3) is 7.75. The molecule has 0 saturated carbocycles. The summed E-state index contributed by atoms with van der Waals surface area (Å²) in [5.74, 6) is 0.317. The van der Waals surface area contributed by atoms with Gasteiger partial charge in [-0.2, -0.15) is 0 Å². The van der Waals surface area contributed by atoms with E-state index in [1.165, 1.54) is 38.9 Å². The maximum Gasteiger partial charge on any atom is 0.0812 e. The summed E-state index contributed by atoms with van der Waals surface area (Å²) < 4.78 is 0. The van der Waals surface area contributed by atoms with E-state index in [2.05, 4.69) is 166 Å². The third-order valence-corrected chi connectivity index (χ3v) is 8.79. The number of hydrogen-bond donors (Lipinski definition) is 0. The molecule has 0 amide bonds. The normalized spacial score (nSPS) is 12.2. The van der Waals surface area contributed by atoms with Crippen LogP contribution in [0.4, 0.5) is 11.4 Å². The Balaban J connectivity index is 1.64. The van der Waals surface area contributed by atoms with Crippen molar-refractivity contribution in [2.75, 3.05) is 0 Å². The molecule has 3 nitrogen and oxygen atoms in total. The Morgan fingerprint density at radius 3 is 1.31 bits per heavy atom. The first-order valence-corrected chi connectivity index (χ1v) is 16.8. The lowest BCUT2D eigenvalue weighted by molar-refractivity contribution is 0.845. The number of hydrogen-bond acceptors (Lipinski definition) is 3. The minimum atomic E-state index is -0.00578. The van der Waals surface area contributed by atoms with Gasteiger partial charge in [0.05, 0.1) is 17.6 Å². The molecule has 0 bridgehead atoms. The lowest BCUT2D eigenvalue weighted by atomic mass is 9.77. The molecule has 5 aromatic carbocycles. The summed E-state index contributed by atoms with van der Waals surface area (Å²) in [4.78, 5) is 14.7. The van der Waals surface area contributed by atoms with Gasteiger partial charge < -0.3 is 0 Å². The Labute approximate surface area is 285 Å². The van der Waals surface area contributed by atoms with Crippen molar-refractivity contribution in [2.45, 2.75) is 51.9 Å². The Hall–Kier alpha value is -5.41. The molecule has 0 radical (unpaired) electrons. The molecule has 0 saturated heterocycles. The van der Waals surface area contributed by atoms with Gasteiger partial charge in [0.15, 0.2) is 0 Å². The summed E-state index contributed by atoms with van der Waals surface area (Å²) >= 11 is 0. The van der Waals surface area contributed by atoms with E-state index in [1.807, 2.05) is 12.1 Å². The number of rotatable bonds is 11. The quantitative estimate of drug-likeness (QED) is 0.104. The molecule has 1 aromatic heterocycles. The SMILES string of the molecule is CC(CC(C)=Nc1c(C(c2ccccc2)c2ccccc2)cc(C(C)C)cc1C(c1ccccc1)c1ccccc1)=Nc1cccnc1. The van der Waals surface area contributed by atoms with E-state index in [-0.39, 0.29) is 11.8 Å². The van der Waals surface area contributed by atoms with Gasteiger partial charge in [-0.05, 0) is 70.8 Å². The van der Waals surface area contributed by atoms with Crippen LogP contribution in [-0.4, -0.2) is 16.4 Å². The minimum absolute atomic E-state index is 0.00578. The molecule has 0 aliphatic carbocycles. The van der Waals surface area contributed by atoms with Crippen molar-refractivity contribution in [3.8, 4) is 0 Å². The fourth-order valence-electron chi connectivity index (χ4n) is 6.57. The van der Waals surface area contributed by atoms with Crippen molar-refractivity contribution in [2.24, 2.45) is 9.98 Å². The van der Waals surface area contributed by atoms with Crippen molar-refractivity contribution in [3.63, 3.8) is 0 Å². The van der Waals surface area contributed by atoms with E-state index < -0.39 is 0 Å². The van der Waals surface area contributed by atoms with Gasteiger partial charge in [0, 0.05) is 35.9 Å². The van der Waals surface area contributed by atoms with Crippen molar-refractivity contribution in [1.29, 1.82) is 0 Å². The second-order valence-electron chi connectivity index (χ2n) is 12.8. The Kier molecular flexibility index (Phi) is 10.5. The van der Waals surface area contributed by atoms with Crippen LogP contribution in [0.5, 0.6) is 0 Å². The van der Waals surface area contributed by atoms with Crippen LogP contribution in [0.1, 0.15) is 90.8 Å². The van der Waals surface area contributed by atoms with Crippen molar-refractivity contribution >= 4 is 22.8 Å². The molecule has 6 rings (SSSR count). The maximum absolute atomic E-state index is 5.60. The van der Waals surface area contributed by atoms with Gasteiger partial charge in [-0.25, -0.2) is 0 Å². The minimum Gasteiger partial charge on any atom is -0.262 e. The standard InChI is InChI=1S/C45H43N3/c1-32(2)39-29-41(43(35-18-9-5-10-19-35)36-20-11-6-12-21-36)45(48-34(4)28-33(3)47-40-26-17-27-46-31-40)42(30-39)44(37-22-13-7-14-23-37)38-24-15-8-16-25-38/h5-27,29-32,43-44H,28H2,1-4H3. The van der Waals surface area contributed by atoms with Gasteiger partial charge in [0.25, 0.3) is 0 Å². The summed E-state index contributed by atoms with van der Waals surface area (Å²) in [6, 6.07) is 52.2. The summed E-state index contributed by atoms with van der Waals surface area (Å²) in [5.41, 5.74) is 12.6. The first-order valence-electron chi connectivity index (χ1n) is 16.8. The van der Waals surface area contributed by atoms with E-state index in [4.69, 9.17) is 9.98 Å². The van der Waals surface area contributed by atoms with Crippen LogP contribution in [-0.2, 0) is 0 Å². The molecular weight excluding hydrogens is 583 g/mol. The third-order valence-electron chi connectivity index (χ3n) is 8.79.